The third-order valence-electron chi connectivity index (χ3n) is 2.28. The Labute approximate surface area is 94.5 Å². The van der Waals surface area contributed by atoms with Gasteiger partial charge in [0, 0.05) is 12.0 Å². The maximum absolute atomic E-state index is 10.0. The van der Waals surface area contributed by atoms with E-state index in [0.717, 1.165) is 25.8 Å². The largest absolute Gasteiger partial charge is 0.390 e. The molecule has 0 saturated carbocycles. The number of rotatable bonds is 5. The Morgan fingerprint density at radius 2 is 1.73 bits per heavy atom. The van der Waals surface area contributed by atoms with Gasteiger partial charge in [-0.3, -0.25) is 0 Å². The first kappa shape index (κ1) is 14.5. The minimum absolute atomic E-state index is 0.124. The van der Waals surface area contributed by atoms with Gasteiger partial charge in [-0.1, -0.05) is 0 Å². The van der Waals surface area contributed by atoms with Gasteiger partial charge in [-0.05, 0) is 54.0 Å². The van der Waals surface area contributed by atoms with Crippen molar-refractivity contribution in [3.05, 3.63) is 0 Å². The summed E-state index contributed by atoms with van der Waals surface area (Å²) in [5.74, 6) is 5.82. The van der Waals surface area contributed by atoms with E-state index in [1.54, 1.807) is 0 Å². The monoisotopic (exact) mass is 211 g/mol. The molecule has 0 rings (SSSR count). The van der Waals surface area contributed by atoms with Crippen LogP contribution in [0.5, 0.6) is 0 Å². The lowest BCUT2D eigenvalue weighted by molar-refractivity contribution is 0.0423. The van der Waals surface area contributed by atoms with Gasteiger partial charge in [0.2, 0.25) is 0 Å². The lowest BCUT2D eigenvalue weighted by atomic mass is 9.95. The average molecular weight is 211 g/mol. The van der Waals surface area contributed by atoms with Crippen LogP contribution >= 0.6 is 0 Å². The highest BCUT2D eigenvalue weighted by Gasteiger charge is 2.20. The molecule has 0 aromatic rings. The van der Waals surface area contributed by atoms with Crippen molar-refractivity contribution in [2.45, 2.75) is 65.0 Å². The van der Waals surface area contributed by atoms with Crippen molar-refractivity contribution < 1.29 is 5.11 Å². The van der Waals surface area contributed by atoms with E-state index < -0.39 is 5.60 Å². The fraction of sp³-hybridized carbons (Fsp3) is 0.846. The van der Waals surface area contributed by atoms with E-state index in [1.807, 2.05) is 13.8 Å². The van der Waals surface area contributed by atoms with E-state index in [2.05, 4.69) is 37.9 Å². The van der Waals surface area contributed by atoms with Crippen molar-refractivity contribution in [3.8, 4) is 11.8 Å². The molecule has 2 nitrogen and oxygen atoms in total. The second kappa shape index (κ2) is 6.15. The van der Waals surface area contributed by atoms with Gasteiger partial charge in [-0.15, -0.1) is 11.8 Å². The van der Waals surface area contributed by atoms with E-state index >= 15 is 0 Å². The molecular weight excluding hydrogens is 186 g/mol. The van der Waals surface area contributed by atoms with E-state index in [4.69, 9.17) is 0 Å². The number of hydrogen-bond acceptors (Lipinski definition) is 2. The molecule has 0 amide bonds. The Kier molecular flexibility index (Phi) is 5.93. The highest BCUT2D eigenvalue weighted by atomic mass is 16.3. The summed E-state index contributed by atoms with van der Waals surface area (Å²) in [6.45, 7) is 10.9. The van der Waals surface area contributed by atoms with Crippen LogP contribution in [-0.4, -0.2) is 22.8 Å². The zero-order valence-electron chi connectivity index (χ0n) is 10.8. The van der Waals surface area contributed by atoms with Crippen LogP contribution in [0.2, 0.25) is 0 Å². The van der Waals surface area contributed by atoms with Crippen LogP contribution in [0.4, 0.5) is 0 Å². The van der Waals surface area contributed by atoms with Gasteiger partial charge in [0.15, 0.2) is 0 Å². The highest BCUT2D eigenvalue weighted by molar-refractivity contribution is 4.96. The summed E-state index contributed by atoms with van der Waals surface area (Å²) in [4.78, 5) is 0. The summed E-state index contributed by atoms with van der Waals surface area (Å²) in [6, 6.07) is 0. The van der Waals surface area contributed by atoms with Crippen LogP contribution in [-0.2, 0) is 0 Å². The van der Waals surface area contributed by atoms with Crippen LogP contribution in [0.15, 0.2) is 0 Å². The van der Waals surface area contributed by atoms with Gasteiger partial charge in [0.25, 0.3) is 0 Å². The molecule has 0 heterocycles. The summed E-state index contributed by atoms with van der Waals surface area (Å²) in [7, 11) is 0. The van der Waals surface area contributed by atoms with Gasteiger partial charge < -0.3 is 10.4 Å². The molecule has 2 heteroatoms. The standard InChI is InChI=1S/C13H25NO/c1-6-7-8-9-13(5,15)10-11-14-12(2,3)4/h14-15H,8-11H2,1-5H3. The third kappa shape index (κ3) is 9.78. The Balaban J connectivity index is 3.77. The molecule has 15 heavy (non-hydrogen) atoms. The molecule has 0 aliphatic heterocycles. The Morgan fingerprint density at radius 3 is 2.20 bits per heavy atom. The zero-order chi connectivity index (χ0) is 11.9. The lowest BCUT2D eigenvalue weighted by Gasteiger charge is -2.26. The van der Waals surface area contributed by atoms with Crippen LogP contribution in [0.25, 0.3) is 0 Å². The predicted octanol–water partition coefficient (Wildman–Crippen LogP) is 2.32. The minimum Gasteiger partial charge on any atom is -0.390 e. The fourth-order valence-electron chi connectivity index (χ4n) is 1.29. The average Bonchev–Trinajstić information content (AvgIpc) is 2.01. The highest BCUT2D eigenvalue weighted by Crippen LogP contribution is 2.16. The van der Waals surface area contributed by atoms with Gasteiger partial charge >= 0.3 is 0 Å². The Bertz CT molecular complexity index is 227. The molecule has 1 atom stereocenters. The molecule has 88 valence electrons. The number of hydrogen-bond donors (Lipinski definition) is 2. The molecule has 1 unspecified atom stereocenters. The minimum atomic E-state index is -0.595. The zero-order valence-corrected chi connectivity index (χ0v) is 10.8. The van der Waals surface area contributed by atoms with Crippen LogP contribution < -0.4 is 5.32 Å². The van der Waals surface area contributed by atoms with Crippen molar-refractivity contribution in [2.24, 2.45) is 0 Å². The summed E-state index contributed by atoms with van der Waals surface area (Å²) < 4.78 is 0. The SMILES string of the molecule is CC#CCCC(C)(O)CCNC(C)(C)C. The molecule has 0 aromatic carbocycles. The van der Waals surface area contributed by atoms with Crippen LogP contribution in [0.3, 0.4) is 0 Å². The van der Waals surface area contributed by atoms with E-state index in [-0.39, 0.29) is 5.54 Å². The normalized spacial score (nSPS) is 15.3. The number of nitrogens with one attached hydrogen (secondary N) is 1. The van der Waals surface area contributed by atoms with Crippen molar-refractivity contribution >= 4 is 0 Å². The Hall–Kier alpha value is -0.520. The Morgan fingerprint density at radius 1 is 1.13 bits per heavy atom. The van der Waals surface area contributed by atoms with E-state index in [9.17, 15) is 5.11 Å². The molecule has 0 aromatic heterocycles. The maximum Gasteiger partial charge on any atom is 0.0641 e. The van der Waals surface area contributed by atoms with E-state index in [1.165, 1.54) is 0 Å². The second-order valence-corrected chi connectivity index (χ2v) is 5.35. The molecule has 0 fully saturated rings. The molecule has 2 N–H and O–H groups in total. The van der Waals surface area contributed by atoms with E-state index in [0.29, 0.717) is 0 Å². The third-order valence-corrected chi connectivity index (χ3v) is 2.28. The molecule has 0 radical (unpaired) electrons. The van der Waals surface area contributed by atoms with Crippen molar-refractivity contribution in [1.82, 2.24) is 5.32 Å². The number of aliphatic hydroxyl groups is 1. The van der Waals surface area contributed by atoms with Gasteiger partial charge in [-0.25, -0.2) is 0 Å². The van der Waals surface area contributed by atoms with Gasteiger partial charge in [-0.2, -0.15) is 0 Å². The molecular formula is C13H25NO. The molecule has 0 aliphatic carbocycles. The second-order valence-electron chi connectivity index (χ2n) is 5.35. The first-order valence-electron chi connectivity index (χ1n) is 5.64. The lowest BCUT2D eigenvalue weighted by Crippen LogP contribution is -2.39. The fourth-order valence-corrected chi connectivity index (χ4v) is 1.29. The molecule has 0 aliphatic rings. The van der Waals surface area contributed by atoms with Crippen LogP contribution in [0, 0.1) is 11.8 Å². The first-order valence-corrected chi connectivity index (χ1v) is 5.64. The molecule has 0 spiro atoms. The maximum atomic E-state index is 10.0. The summed E-state index contributed by atoms with van der Waals surface area (Å²) >= 11 is 0. The van der Waals surface area contributed by atoms with Gasteiger partial charge in [0.05, 0.1) is 5.60 Å². The molecule has 0 saturated heterocycles. The van der Waals surface area contributed by atoms with Crippen molar-refractivity contribution in [1.29, 1.82) is 0 Å². The summed E-state index contributed by atoms with van der Waals surface area (Å²) in [5, 5.41) is 13.4. The summed E-state index contributed by atoms with van der Waals surface area (Å²) in [5.41, 5.74) is -0.471. The molecule has 0 bridgehead atoms. The topological polar surface area (TPSA) is 32.3 Å². The smallest absolute Gasteiger partial charge is 0.0641 e. The van der Waals surface area contributed by atoms with Crippen molar-refractivity contribution in [3.63, 3.8) is 0 Å². The quantitative estimate of drug-likeness (QED) is 0.684. The first-order chi connectivity index (χ1) is 6.77. The predicted molar refractivity (Wildman–Crippen MR) is 65.7 cm³/mol. The summed E-state index contributed by atoms with van der Waals surface area (Å²) in [6.07, 6.45) is 2.30. The van der Waals surface area contributed by atoms with Crippen LogP contribution in [0.1, 0.15) is 53.9 Å². The van der Waals surface area contributed by atoms with Crippen molar-refractivity contribution in [2.75, 3.05) is 6.54 Å². The van der Waals surface area contributed by atoms with Gasteiger partial charge in [0.1, 0.15) is 0 Å².